The fraction of sp³-hybridized carbons (Fsp3) is 0.472. The van der Waals surface area contributed by atoms with Gasteiger partial charge in [0.2, 0.25) is 5.95 Å². The van der Waals surface area contributed by atoms with E-state index in [0.717, 1.165) is 59.8 Å². The lowest BCUT2D eigenvalue weighted by molar-refractivity contribution is 0.171. The molecule has 16 heteroatoms. The number of carbonyl (C=O) groups excluding carboxylic acids is 1. The van der Waals surface area contributed by atoms with Crippen molar-refractivity contribution in [3.05, 3.63) is 77.9 Å². The summed E-state index contributed by atoms with van der Waals surface area (Å²) in [5, 5.41) is 24.2. The second-order valence-electron chi connectivity index (χ2n) is 14.7. The molecular formula is C36H46N10O5S. The Morgan fingerprint density at radius 1 is 1.02 bits per heavy atom. The van der Waals surface area contributed by atoms with Gasteiger partial charge in [-0.3, -0.25) is 18.6 Å². The van der Waals surface area contributed by atoms with Crippen LogP contribution in [0, 0.1) is 0 Å². The van der Waals surface area contributed by atoms with E-state index in [0.29, 0.717) is 30.4 Å². The molecule has 1 aromatic carbocycles. The number of hydrogen-bond acceptors (Lipinski definition) is 10. The lowest BCUT2D eigenvalue weighted by atomic mass is 9.85. The van der Waals surface area contributed by atoms with Crippen LogP contribution in [0.25, 0.3) is 11.3 Å². The van der Waals surface area contributed by atoms with Crippen molar-refractivity contribution in [1.29, 1.82) is 0 Å². The second kappa shape index (κ2) is 14.2. The van der Waals surface area contributed by atoms with Gasteiger partial charge < -0.3 is 15.0 Å². The van der Waals surface area contributed by atoms with Crippen LogP contribution < -0.4 is 20.3 Å². The molecular weight excluding hydrogens is 685 g/mol. The van der Waals surface area contributed by atoms with Crippen LogP contribution in [0.5, 0.6) is 5.75 Å². The predicted octanol–water partition coefficient (Wildman–Crippen LogP) is 5.54. The number of urea groups is 1. The smallest absolute Gasteiger partial charge is 0.320 e. The van der Waals surface area contributed by atoms with E-state index in [1.54, 1.807) is 21.8 Å². The normalized spacial score (nSPS) is 19.4. The van der Waals surface area contributed by atoms with Gasteiger partial charge in [0.05, 0.1) is 49.7 Å². The zero-order valence-corrected chi connectivity index (χ0v) is 31.0. The quantitative estimate of drug-likeness (QED) is 0.175. The maximum absolute atomic E-state index is 13.6. The van der Waals surface area contributed by atoms with Crippen molar-refractivity contribution in [1.82, 2.24) is 39.5 Å². The van der Waals surface area contributed by atoms with Crippen LogP contribution in [0.3, 0.4) is 0 Å². The molecule has 5 heterocycles. The molecule has 0 unspecified atom stereocenters. The lowest BCUT2D eigenvalue weighted by Gasteiger charge is -2.33. The van der Waals surface area contributed by atoms with Gasteiger partial charge >= 0.3 is 6.03 Å². The molecule has 1 aliphatic heterocycles. The predicted molar refractivity (Wildman–Crippen MR) is 196 cm³/mol. The first-order valence-corrected chi connectivity index (χ1v) is 19.6. The molecule has 0 bridgehead atoms. The molecule has 1 aliphatic carbocycles. The first kappa shape index (κ1) is 35.4. The Bertz CT molecular complexity index is 2170. The summed E-state index contributed by atoms with van der Waals surface area (Å²) in [5.41, 5.74) is 3.91. The summed E-state index contributed by atoms with van der Waals surface area (Å²) in [5.74, 6) is 2.05. The van der Waals surface area contributed by atoms with E-state index in [9.17, 15) is 13.2 Å². The molecule has 2 amide bonds. The molecule has 52 heavy (non-hydrogen) atoms. The zero-order valence-electron chi connectivity index (χ0n) is 30.2. The number of aromatic nitrogens is 7. The maximum atomic E-state index is 13.6. The number of hydrogen-bond donors (Lipinski definition) is 2. The molecule has 15 nitrogen and oxygen atoms in total. The van der Waals surface area contributed by atoms with Gasteiger partial charge in [0.25, 0.3) is 10.1 Å². The lowest BCUT2D eigenvalue weighted by Crippen LogP contribution is -2.38. The Morgan fingerprint density at radius 3 is 2.60 bits per heavy atom. The number of anilines is 2. The molecule has 5 aromatic rings. The van der Waals surface area contributed by atoms with Crippen LogP contribution in [0.4, 0.5) is 16.6 Å². The molecule has 2 aliphatic rings. The van der Waals surface area contributed by atoms with E-state index in [1.807, 2.05) is 67.8 Å². The van der Waals surface area contributed by atoms with Crippen molar-refractivity contribution < 1.29 is 22.1 Å². The van der Waals surface area contributed by atoms with Gasteiger partial charge in [-0.05, 0) is 62.3 Å². The van der Waals surface area contributed by atoms with Gasteiger partial charge in [0.1, 0.15) is 23.4 Å². The highest BCUT2D eigenvalue weighted by atomic mass is 32.2. The number of pyridine rings is 1. The van der Waals surface area contributed by atoms with Gasteiger partial charge in [0, 0.05) is 24.1 Å². The number of amides is 2. The number of piperidine rings is 1. The van der Waals surface area contributed by atoms with E-state index in [1.165, 1.54) is 6.42 Å². The SMILES string of the molecule is C[C@@H]1CCCCN1c1nnc2ccc(O[C@@H]3CC[C@H](NC(=O)Nc4cc(C(C)(C)C)nn4-c4cnn(CCOS(C)(=O)=O)c4)c4ccccc43)cn12. The van der Waals surface area contributed by atoms with Gasteiger partial charge in [0.15, 0.2) is 5.65 Å². The van der Waals surface area contributed by atoms with Crippen LogP contribution in [-0.4, -0.2) is 74.1 Å². The van der Waals surface area contributed by atoms with Crippen LogP contribution in [-0.2, 0) is 26.3 Å². The van der Waals surface area contributed by atoms with Crippen molar-refractivity contribution in [3.8, 4) is 11.4 Å². The topological polar surface area (TPSA) is 163 Å². The van der Waals surface area contributed by atoms with Crippen LogP contribution >= 0.6 is 0 Å². The summed E-state index contributed by atoms with van der Waals surface area (Å²) in [4.78, 5) is 16.0. The summed E-state index contributed by atoms with van der Waals surface area (Å²) in [7, 11) is -3.56. The van der Waals surface area contributed by atoms with E-state index < -0.39 is 10.1 Å². The van der Waals surface area contributed by atoms with E-state index in [4.69, 9.17) is 14.0 Å². The number of nitrogens with one attached hydrogen (secondary N) is 2. The molecule has 3 atom stereocenters. The summed E-state index contributed by atoms with van der Waals surface area (Å²) in [6.45, 7) is 9.51. The van der Waals surface area contributed by atoms with Gasteiger partial charge in [-0.2, -0.15) is 18.6 Å². The Kier molecular flexibility index (Phi) is 9.69. The summed E-state index contributed by atoms with van der Waals surface area (Å²) in [6.07, 6.45) is 11.0. The summed E-state index contributed by atoms with van der Waals surface area (Å²) >= 11 is 0. The minimum Gasteiger partial charge on any atom is -0.484 e. The number of ether oxygens (including phenoxy) is 1. The van der Waals surface area contributed by atoms with Crippen LogP contribution in [0.15, 0.2) is 61.1 Å². The van der Waals surface area contributed by atoms with E-state index in [-0.39, 0.29) is 36.7 Å². The van der Waals surface area contributed by atoms with E-state index in [2.05, 4.69) is 43.8 Å². The number of carbonyl (C=O) groups is 1. The third-order valence-electron chi connectivity index (χ3n) is 9.64. The molecule has 0 saturated carbocycles. The number of fused-ring (bicyclic) bond motifs is 2. The Morgan fingerprint density at radius 2 is 1.83 bits per heavy atom. The molecule has 1 saturated heterocycles. The van der Waals surface area contributed by atoms with Crippen molar-refractivity contribution in [2.24, 2.45) is 0 Å². The monoisotopic (exact) mass is 730 g/mol. The molecule has 2 N–H and O–H groups in total. The standard InChI is InChI=1S/C36H46N10O5S/c1-24-10-8-9-17-44(24)35-41-40-32-16-13-26(23-45(32)35)51-30-15-14-29(27-11-6-7-12-28(27)30)38-34(47)39-33-20-31(36(2,3)4)42-46(33)25-21-37-43(22-25)18-19-50-52(5,48)49/h6-7,11-13,16,20-24,29-30H,8-10,14-15,17-19H2,1-5H3,(H2,38,39,47)/t24-,29+,30-/m1/s1. The van der Waals surface area contributed by atoms with Crippen LogP contribution in [0.2, 0.25) is 0 Å². The summed E-state index contributed by atoms with van der Waals surface area (Å²) in [6, 6.07) is 13.6. The largest absolute Gasteiger partial charge is 0.484 e. The molecule has 0 radical (unpaired) electrons. The summed E-state index contributed by atoms with van der Waals surface area (Å²) < 4.78 is 39.4. The van der Waals surface area contributed by atoms with Crippen molar-refractivity contribution >= 4 is 33.6 Å². The molecule has 0 spiro atoms. The number of nitrogens with zero attached hydrogens (tertiary/aromatic N) is 8. The molecule has 7 rings (SSSR count). The van der Waals surface area contributed by atoms with Gasteiger partial charge in [-0.25, -0.2) is 9.48 Å². The second-order valence-corrected chi connectivity index (χ2v) is 16.3. The zero-order chi connectivity index (χ0) is 36.6. The Labute approximate surface area is 303 Å². The fourth-order valence-corrected chi connectivity index (χ4v) is 7.29. The minimum atomic E-state index is -3.56. The molecule has 276 valence electrons. The average Bonchev–Trinajstić information content (AvgIpc) is 3.84. The molecule has 4 aromatic heterocycles. The highest BCUT2D eigenvalue weighted by Gasteiger charge is 2.31. The highest BCUT2D eigenvalue weighted by Crippen LogP contribution is 2.39. The minimum absolute atomic E-state index is 0.0507. The maximum Gasteiger partial charge on any atom is 0.320 e. The third-order valence-corrected chi connectivity index (χ3v) is 10.2. The van der Waals surface area contributed by atoms with Crippen LogP contribution in [0.1, 0.15) is 88.8 Å². The Hall–Kier alpha value is -4.96. The first-order valence-electron chi connectivity index (χ1n) is 17.7. The molecule has 1 fully saturated rings. The Balaban J connectivity index is 1.06. The van der Waals surface area contributed by atoms with Crippen molar-refractivity contribution in [2.75, 3.05) is 29.6 Å². The van der Waals surface area contributed by atoms with Crippen molar-refractivity contribution in [3.63, 3.8) is 0 Å². The van der Waals surface area contributed by atoms with Crippen molar-refractivity contribution in [2.45, 2.75) is 89.9 Å². The first-order chi connectivity index (χ1) is 24.8. The highest BCUT2D eigenvalue weighted by molar-refractivity contribution is 7.85. The van der Waals surface area contributed by atoms with E-state index >= 15 is 0 Å². The third kappa shape index (κ3) is 7.77. The van der Waals surface area contributed by atoms with Gasteiger partial charge in [-0.15, -0.1) is 10.2 Å². The van der Waals surface area contributed by atoms with Gasteiger partial charge in [-0.1, -0.05) is 45.0 Å². The average molecular weight is 731 g/mol. The number of benzene rings is 1. The fourth-order valence-electron chi connectivity index (χ4n) is 6.92. The number of rotatable bonds is 10.